The number of anilines is 1. The van der Waals surface area contributed by atoms with Crippen molar-refractivity contribution in [1.82, 2.24) is 14.3 Å². The van der Waals surface area contributed by atoms with Gasteiger partial charge in [0.15, 0.2) is 5.13 Å². The topological polar surface area (TPSA) is 95.2 Å². The zero-order valence-corrected chi connectivity index (χ0v) is 15.8. The third kappa shape index (κ3) is 3.37. The predicted octanol–water partition coefficient (Wildman–Crippen LogP) is 2.12. The summed E-state index contributed by atoms with van der Waals surface area (Å²) in [6, 6.07) is 7.85. The minimum absolute atomic E-state index is 0.138. The number of aromatic amines is 1. The van der Waals surface area contributed by atoms with Crippen LogP contribution in [0.2, 0.25) is 0 Å². The monoisotopic (exact) mass is 390 g/mol. The van der Waals surface area contributed by atoms with Gasteiger partial charge >= 0.3 is 0 Å². The number of thiazole rings is 1. The maximum atomic E-state index is 12.4. The number of benzene rings is 1. The van der Waals surface area contributed by atoms with Gasteiger partial charge in [-0.1, -0.05) is 18.2 Å². The Bertz CT molecular complexity index is 1080. The summed E-state index contributed by atoms with van der Waals surface area (Å²) in [5, 5.41) is 4.40. The summed E-state index contributed by atoms with van der Waals surface area (Å²) >= 11 is 1.34. The molecule has 7 nitrogen and oxygen atoms in total. The van der Waals surface area contributed by atoms with Crippen LogP contribution in [0, 0.1) is 0 Å². The number of amides is 1. The number of para-hydroxylation sites is 1. The first-order chi connectivity index (χ1) is 12.4. The van der Waals surface area contributed by atoms with Gasteiger partial charge in [-0.15, -0.1) is 11.3 Å². The maximum Gasteiger partial charge on any atom is 0.230 e. The number of nitrogens with zero attached hydrogens (tertiary/aromatic N) is 2. The SMILES string of the molecule is CS(=O)(=O)N1CCc2nc(NC(=O)Cc3c[nH]c4ccccc34)sc2C1. The summed E-state index contributed by atoms with van der Waals surface area (Å²) in [5.41, 5.74) is 2.81. The van der Waals surface area contributed by atoms with Crippen LogP contribution >= 0.6 is 11.3 Å². The largest absolute Gasteiger partial charge is 0.361 e. The Morgan fingerprint density at radius 3 is 3.00 bits per heavy atom. The van der Waals surface area contributed by atoms with Crippen molar-refractivity contribution in [3.05, 3.63) is 46.6 Å². The van der Waals surface area contributed by atoms with E-state index in [4.69, 9.17) is 0 Å². The molecule has 0 saturated heterocycles. The van der Waals surface area contributed by atoms with Crippen molar-refractivity contribution in [3.63, 3.8) is 0 Å². The standard InChI is InChI=1S/C17H18N4O3S2/c1-26(23,24)21-7-6-14-15(10-21)25-17(19-14)20-16(22)8-11-9-18-13-5-3-2-4-12(11)13/h2-5,9,18H,6-8,10H2,1H3,(H,19,20,22). The van der Waals surface area contributed by atoms with Gasteiger partial charge in [0.05, 0.1) is 18.4 Å². The lowest BCUT2D eigenvalue weighted by Crippen LogP contribution is -2.34. The van der Waals surface area contributed by atoms with E-state index in [-0.39, 0.29) is 12.3 Å². The van der Waals surface area contributed by atoms with Crippen molar-refractivity contribution in [2.24, 2.45) is 0 Å². The average Bonchev–Trinajstić information content (AvgIpc) is 3.17. The molecule has 0 spiro atoms. The second-order valence-corrected chi connectivity index (χ2v) is 9.39. The van der Waals surface area contributed by atoms with Crippen molar-refractivity contribution in [2.75, 3.05) is 18.1 Å². The van der Waals surface area contributed by atoms with Crippen LogP contribution in [0.3, 0.4) is 0 Å². The van der Waals surface area contributed by atoms with Gasteiger partial charge in [-0.05, 0) is 11.6 Å². The Labute approximate surface area is 155 Å². The molecule has 0 atom stereocenters. The summed E-state index contributed by atoms with van der Waals surface area (Å²) in [4.78, 5) is 20.9. The molecular weight excluding hydrogens is 372 g/mol. The number of hydrogen-bond acceptors (Lipinski definition) is 5. The second kappa shape index (κ2) is 6.49. The molecule has 9 heteroatoms. The fourth-order valence-corrected chi connectivity index (χ4v) is 5.03. The molecule has 0 unspecified atom stereocenters. The second-order valence-electron chi connectivity index (χ2n) is 6.32. The molecule has 136 valence electrons. The summed E-state index contributed by atoms with van der Waals surface area (Å²) in [5.74, 6) is -0.138. The van der Waals surface area contributed by atoms with Gasteiger partial charge in [0.25, 0.3) is 0 Å². The van der Waals surface area contributed by atoms with E-state index < -0.39 is 10.0 Å². The first kappa shape index (κ1) is 17.2. The third-order valence-corrected chi connectivity index (χ3v) is 6.69. The van der Waals surface area contributed by atoms with E-state index in [2.05, 4.69) is 15.3 Å². The van der Waals surface area contributed by atoms with Gasteiger partial charge in [0.1, 0.15) is 0 Å². The smallest absolute Gasteiger partial charge is 0.230 e. The van der Waals surface area contributed by atoms with Crippen LogP contribution in [0.1, 0.15) is 16.1 Å². The predicted molar refractivity (Wildman–Crippen MR) is 102 cm³/mol. The van der Waals surface area contributed by atoms with Gasteiger partial charge in [-0.25, -0.2) is 13.4 Å². The highest BCUT2D eigenvalue weighted by molar-refractivity contribution is 7.88. The molecule has 0 aliphatic carbocycles. The number of H-pyrrole nitrogens is 1. The molecule has 4 rings (SSSR count). The van der Waals surface area contributed by atoms with Crippen molar-refractivity contribution < 1.29 is 13.2 Å². The molecular formula is C17H18N4O3S2. The number of fused-ring (bicyclic) bond motifs is 2. The lowest BCUT2D eigenvalue weighted by atomic mass is 10.1. The lowest BCUT2D eigenvalue weighted by molar-refractivity contribution is -0.115. The Hall–Kier alpha value is -2.23. The van der Waals surface area contributed by atoms with E-state index in [0.717, 1.165) is 27.0 Å². The lowest BCUT2D eigenvalue weighted by Gasteiger charge is -2.23. The number of hydrogen-bond donors (Lipinski definition) is 2. The van der Waals surface area contributed by atoms with Crippen molar-refractivity contribution in [3.8, 4) is 0 Å². The molecule has 3 heterocycles. The van der Waals surface area contributed by atoms with Crippen LogP contribution in [0.15, 0.2) is 30.5 Å². The van der Waals surface area contributed by atoms with Crippen LogP contribution in [0.4, 0.5) is 5.13 Å². The molecule has 3 aromatic rings. The summed E-state index contributed by atoms with van der Waals surface area (Å²) in [6.07, 6.45) is 3.88. The number of aromatic nitrogens is 2. The minimum atomic E-state index is -3.22. The number of nitrogens with one attached hydrogen (secondary N) is 2. The van der Waals surface area contributed by atoms with E-state index in [1.54, 1.807) is 0 Å². The first-order valence-corrected chi connectivity index (χ1v) is 10.8. The number of carbonyl (C=O) groups excluding carboxylic acids is 1. The minimum Gasteiger partial charge on any atom is -0.361 e. The summed E-state index contributed by atoms with van der Waals surface area (Å²) in [7, 11) is -3.22. The molecule has 1 aliphatic heterocycles. The fourth-order valence-electron chi connectivity index (χ4n) is 3.12. The first-order valence-electron chi connectivity index (χ1n) is 8.19. The molecule has 0 fully saturated rings. The zero-order chi connectivity index (χ0) is 18.3. The fraction of sp³-hybridized carbons (Fsp3) is 0.294. The molecule has 0 bridgehead atoms. The van der Waals surface area contributed by atoms with Gasteiger partial charge in [-0.2, -0.15) is 4.31 Å². The van der Waals surface area contributed by atoms with Crippen LogP contribution in [-0.2, 0) is 34.2 Å². The van der Waals surface area contributed by atoms with Crippen LogP contribution < -0.4 is 5.32 Å². The molecule has 1 aliphatic rings. The number of carbonyl (C=O) groups is 1. The Balaban J connectivity index is 1.47. The molecule has 2 aromatic heterocycles. The van der Waals surface area contributed by atoms with Crippen LogP contribution in [0.5, 0.6) is 0 Å². The zero-order valence-electron chi connectivity index (χ0n) is 14.2. The normalized spacial score (nSPS) is 15.1. The maximum absolute atomic E-state index is 12.4. The van der Waals surface area contributed by atoms with E-state index in [9.17, 15) is 13.2 Å². The molecule has 0 saturated carbocycles. The van der Waals surface area contributed by atoms with E-state index in [1.807, 2.05) is 30.5 Å². The van der Waals surface area contributed by atoms with Crippen LogP contribution in [-0.4, -0.2) is 41.4 Å². The molecule has 26 heavy (non-hydrogen) atoms. The summed E-state index contributed by atoms with van der Waals surface area (Å²) in [6.45, 7) is 0.752. The Morgan fingerprint density at radius 2 is 2.19 bits per heavy atom. The Kier molecular flexibility index (Phi) is 4.29. The van der Waals surface area contributed by atoms with Crippen molar-refractivity contribution >= 4 is 43.3 Å². The molecule has 1 aromatic carbocycles. The third-order valence-electron chi connectivity index (χ3n) is 4.44. The quantitative estimate of drug-likeness (QED) is 0.713. The number of rotatable bonds is 4. The van der Waals surface area contributed by atoms with E-state index in [0.29, 0.717) is 24.6 Å². The van der Waals surface area contributed by atoms with Gasteiger partial charge in [0, 0.05) is 41.5 Å². The van der Waals surface area contributed by atoms with Gasteiger partial charge in [-0.3, -0.25) is 4.79 Å². The average molecular weight is 390 g/mol. The van der Waals surface area contributed by atoms with E-state index >= 15 is 0 Å². The van der Waals surface area contributed by atoms with Crippen molar-refractivity contribution in [1.29, 1.82) is 0 Å². The van der Waals surface area contributed by atoms with Gasteiger partial charge < -0.3 is 10.3 Å². The molecule has 2 N–H and O–H groups in total. The van der Waals surface area contributed by atoms with Crippen molar-refractivity contribution in [2.45, 2.75) is 19.4 Å². The highest BCUT2D eigenvalue weighted by Gasteiger charge is 2.26. The van der Waals surface area contributed by atoms with Crippen LogP contribution in [0.25, 0.3) is 10.9 Å². The highest BCUT2D eigenvalue weighted by Crippen LogP contribution is 2.29. The molecule has 0 radical (unpaired) electrons. The van der Waals surface area contributed by atoms with Gasteiger partial charge in [0.2, 0.25) is 15.9 Å². The Morgan fingerprint density at radius 1 is 1.38 bits per heavy atom. The van der Waals surface area contributed by atoms with E-state index in [1.165, 1.54) is 21.9 Å². The number of sulfonamides is 1. The highest BCUT2D eigenvalue weighted by atomic mass is 32.2. The molecule has 1 amide bonds. The summed E-state index contributed by atoms with van der Waals surface area (Å²) < 4.78 is 24.8.